The maximum atomic E-state index is 12.7. The molecule has 0 bridgehead atoms. The number of halogens is 1. The summed E-state index contributed by atoms with van der Waals surface area (Å²) in [5.74, 6) is 0.00588. The molecular weight excluding hydrogens is 370 g/mol. The van der Waals surface area contributed by atoms with Crippen molar-refractivity contribution in [1.82, 2.24) is 23.7 Å². The molecule has 0 spiro atoms. The van der Waals surface area contributed by atoms with Gasteiger partial charge in [-0.15, -0.1) is 12.4 Å². The second-order valence-electron chi connectivity index (χ2n) is 6.52. The fourth-order valence-corrected chi connectivity index (χ4v) is 4.84. The largest absolute Gasteiger partial charge is 0.378 e. The third-order valence-corrected chi connectivity index (χ3v) is 6.92. The van der Waals surface area contributed by atoms with E-state index in [1.807, 2.05) is 7.05 Å². The number of carbonyl (C=O) groups excluding carboxylic acids is 1. The van der Waals surface area contributed by atoms with Gasteiger partial charge in [-0.3, -0.25) is 4.79 Å². The van der Waals surface area contributed by atoms with Crippen molar-refractivity contribution in [3.63, 3.8) is 0 Å². The normalized spacial score (nSPS) is 27.7. The standard InChI is InChI=1S/C14H27N5O4S.ClH/c1-16-3-7-18(8-4-16)24(21,22)19-9-5-17(6-10-19)14(20)13-12-23-11-2-15-13;/h13,15H,2-12H2,1H3;1H. The average Bonchev–Trinajstić information content (AvgIpc) is 2.62. The number of morpholine rings is 1. The Balaban J connectivity index is 0.00000225. The highest BCUT2D eigenvalue weighted by Crippen LogP contribution is 2.15. The van der Waals surface area contributed by atoms with Gasteiger partial charge in [0.05, 0.1) is 13.2 Å². The second-order valence-corrected chi connectivity index (χ2v) is 8.44. The van der Waals surface area contributed by atoms with Gasteiger partial charge < -0.3 is 19.9 Å². The van der Waals surface area contributed by atoms with E-state index in [0.29, 0.717) is 59.0 Å². The van der Waals surface area contributed by atoms with Gasteiger partial charge in [0, 0.05) is 58.9 Å². The average molecular weight is 398 g/mol. The number of ether oxygens (including phenoxy) is 1. The summed E-state index contributed by atoms with van der Waals surface area (Å²) in [6.07, 6.45) is 0. The third kappa shape index (κ3) is 4.82. The van der Waals surface area contributed by atoms with Crippen LogP contribution in [0.5, 0.6) is 0 Å². The zero-order valence-corrected chi connectivity index (χ0v) is 16.2. The number of amides is 1. The van der Waals surface area contributed by atoms with Gasteiger partial charge in [-0.05, 0) is 7.05 Å². The van der Waals surface area contributed by atoms with E-state index in [9.17, 15) is 13.2 Å². The Hall–Kier alpha value is -0.490. The fraction of sp³-hybridized carbons (Fsp3) is 0.929. The number of hydrogen-bond acceptors (Lipinski definition) is 6. The molecule has 1 atom stereocenters. The van der Waals surface area contributed by atoms with Gasteiger partial charge in [0.2, 0.25) is 5.91 Å². The summed E-state index contributed by atoms with van der Waals surface area (Å²) in [6, 6.07) is -0.306. The molecule has 3 saturated heterocycles. The van der Waals surface area contributed by atoms with Gasteiger partial charge in [-0.25, -0.2) is 0 Å². The first kappa shape index (κ1) is 20.8. The first-order valence-electron chi connectivity index (χ1n) is 8.52. The highest BCUT2D eigenvalue weighted by molar-refractivity contribution is 7.86. The predicted octanol–water partition coefficient (Wildman–Crippen LogP) is -1.97. The fourth-order valence-electron chi connectivity index (χ4n) is 3.27. The lowest BCUT2D eigenvalue weighted by Gasteiger charge is -2.40. The molecule has 3 aliphatic heterocycles. The molecule has 3 rings (SSSR count). The molecule has 1 unspecified atom stereocenters. The van der Waals surface area contributed by atoms with Crippen molar-refractivity contribution >= 4 is 28.5 Å². The summed E-state index contributed by atoms with van der Waals surface area (Å²) in [5, 5.41) is 3.15. The lowest BCUT2D eigenvalue weighted by atomic mass is 10.2. The quantitative estimate of drug-likeness (QED) is 0.595. The van der Waals surface area contributed by atoms with E-state index in [-0.39, 0.29) is 24.4 Å². The van der Waals surface area contributed by atoms with Crippen LogP contribution < -0.4 is 5.32 Å². The van der Waals surface area contributed by atoms with Crippen LogP contribution in [0.4, 0.5) is 0 Å². The molecule has 11 heteroatoms. The van der Waals surface area contributed by atoms with Crippen LogP contribution >= 0.6 is 12.4 Å². The molecule has 0 aliphatic carbocycles. The molecule has 1 N–H and O–H groups in total. The van der Waals surface area contributed by atoms with Crippen molar-refractivity contribution in [2.45, 2.75) is 6.04 Å². The van der Waals surface area contributed by atoms with Crippen LogP contribution in [0.25, 0.3) is 0 Å². The summed E-state index contributed by atoms with van der Waals surface area (Å²) in [4.78, 5) is 16.3. The maximum absolute atomic E-state index is 12.7. The van der Waals surface area contributed by atoms with Gasteiger partial charge >= 0.3 is 0 Å². The van der Waals surface area contributed by atoms with Crippen molar-refractivity contribution in [2.75, 3.05) is 79.2 Å². The minimum atomic E-state index is -3.42. The molecule has 3 fully saturated rings. The summed E-state index contributed by atoms with van der Waals surface area (Å²) < 4.78 is 33.8. The Morgan fingerprint density at radius 2 is 1.56 bits per heavy atom. The van der Waals surface area contributed by atoms with Crippen LogP contribution in [0, 0.1) is 0 Å². The van der Waals surface area contributed by atoms with E-state index in [2.05, 4.69) is 10.2 Å². The van der Waals surface area contributed by atoms with E-state index < -0.39 is 10.2 Å². The molecule has 0 radical (unpaired) electrons. The highest BCUT2D eigenvalue weighted by Gasteiger charge is 2.36. The van der Waals surface area contributed by atoms with Crippen molar-refractivity contribution in [3.8, 4) is 0 Å². The summed E-state index contributed by atoms with van der Waals surface area (Å²) >= 11 is 0. The minimum Gasteiger partial charge on any atom is -0.378 e. The Morgan fingerprint density at radius 1 is 1.00 bits per heavy atom. The first-order valence-corrected chi connectivity index (χ1v) is 9.92. The highest BCUT2D eigenvalue weighted by atomic mass is 35.5. The van der Waals surface area contributed by atoms with Crippen molar-refractivity contribution < 1.29 is 17.9 Å². The van der Waals surface area contributed by atoms with Crippen molar-refractivity contribution in [1.29, 1.82) is 0 Å². The Bertz CT molecular complexity index is 541. The van der Waals surface area contributed by atoms with Crippen molar-refractivity contribution in [2.24, 2.45) is 0 Å². The third-order valence-electron chi connectivity index (χ3n) is 4.88. The summed E-state index contributed by atoms with van der Waals surface area (Å²) in [5.41, 5.74) is 0. The van der Waals surface area contributed by atoms with Gasteiger partial charge in [0.15, 0.2) is 0 Å². The van der Waals surface area contributed by atoms with Gasteiger partial charge in [-0.2, -0.15) is 17.0 Å². The number of nitrogens with one attached hydrogen (secondary N) is 1. The Labute approximate surface area is 155 Å². The van der Waals surface area contributed by atoms with Gasteiger partial charge in [0.1, 0.15) is 6.04 Å². The van der Waals surface area contributed by atoms with Crippen LogP contribution in [-0.2, 0) is 19.7 Å². The van der Waals surface area contributed by atoms with Crippen LogP contribution in [0.2, 0.25) is 0 Å². The monoisotopic (exact) mass is 397 g/mol. The number of hydrogen-bond donors (Lipinski definition) is 1. The zero-order valence-electron chi connectivity index (χ0n) is 14.6. The molecule has 1 amide bonds. The number of likely N-dealkylation sites (N-methyl/N-ethyl adjacent to an activating group) is 1. The smallest absolute Gasteiger partial charge is 0.282 e. The van der Waals surface area contributed by atoms with Crippen LogP contribution in [0.15, 0.2) is 0 Å². The number of carbonyl (C=O) groups is 1. The topological polar surface area (TPSA) is 85.4 Å². The van der Waals surface area contributed by atoms with E-state index in [0.717, 1.165) is 13.1 Å². The molecule has 0 aromatic carbocycles. The molecular formula is C14H28ClN5O4S. The number of piperazine rings is 2. The molecule has 0 aromatic rings. The maximum Gasteiger partial charge on any atom is 0.282 e. The first-order chi connectivity index (χ1) is 11.5. The molecule has 0 saturated carbocycles. The molecule has 9 nitrogen and oxygen atoms in total. The van der Waals surface area contributed by atoms with Crippen LogP contribution in [-0.4, -0.2) is 118 Å². The number of rotatable bonds is 3. The Morgan fingerprint density at radius 3 is 2.08 bits per heavy atom. The van der Waals surface area contributed by atoms with E-state index >= 15 is 0 Å². The molecule has 3 heterocycles. The van der Waals surface area contributed by atoms with Gasteiger partial charge in [0.25, 0.3) is 10.2 Å². The summed E-state index contributed by atoms with van der Waals surface area (Å²) in [7, 11) is -1.42. The molecule has 3 aliphatic rings. The number of nitrogens with zero attached hydrogens (tertiary/aromatic N) is 4. The van der Waals surface area contributed by atoms with E-state index in [4.69, 9.17) is 4.74 Å². The molecule has 25 heavy (non-hydrogen) atoms. The van der Waals surface area contributed by atoms with Gasteiger partial charge in [-0.1, -0.05) is 0 Å². The van der Waals surface area contributed by atoms with E-state index in [1.54, 1.807) is 9.21 Å². The minimum absolute atomic E-state index is 0. The predicted molar refractivity (Wildman–Crippen MR) is 96.0 cm³/mol. The summed E-state index contributed by atoms with van der Waals surface area (Å²) in [6.45, 7) is 5.84. The molecule has 146 valence electrons. The van der Waals surface area contributed by atoms with Crippen molar-refractivity contribution in [3.05, 3.63) is 0 Å². The lowest BCUT2D eigenvalue weighted by molar-refractivity contribution is -0.137. The zero-order chi connectivity index (χ0) is 17.2. The SMILES string of the molecule is CN1CCN(S(=O)(=O)N2CCN(C(=O)C3COCCN3)CC2)CC1.Cl. The molecule has 0 aromatic heterocycles. The van der Waals surface area contributed by atoms with E-state index in [1.165, 1.54) is 4.31 Å². The van der Waals surface area contributed by atoms with Crippen LogP contribution in [0.1, 0.15) is 0 Å². The van der Waals surface area contributed by atoms with Crippen LogP contribution in [0.3, 0.4) is 0 Å². The lowest BCUT2D eigenvalue weighted by Crippen LogP contribution is -2.60. The Kier molecular flexibility index (Phi) is 7.44. The second kappa shape index (κ2) is 8.94.